The molecule has 7 N–H and O–H groups in total. The van der Waals surface area contributed by atoms with E-state index in [0.717, 1.165) is 78.4 Å². The molecule has 0 bridgehead atoms. The van der Waals surface area contributed by atoms with Crippen LogP contribution in [0.25, 0.3) is 22.3 Å². The van der Waals surface area contributed by atoms with Gasteiger partial charge in [0.25, 0.3) is 0 Å². The molecule has 0 saturated carbocycles. The van der Waals surface area contributed by atoms with E-state index < -0.39 is 10.1 Å². The van der Waals surface area contributed by atoms with Gasteiger partial charge in [-0.05, 0) is 177 Å². The largest absolute Gasteiger partial charge is 1.00 e. The van der Waals surface area contributed by atoms with Gasteiger partial charge in [-0.25, -0.2) is 8.42 Å². The van der Waals surface area contributed by atoms with E-state index in [1.165, 1.54) is 11.1 Å². The molecule has 0 saturated heterocycles. The number of nitrogens with one attached hydrogen (secondary N) is 1. The summed E-state index contributed by atoms with van der Waals surface area (Å²) in [7, 11) is -4.15. The third kappa shape index (κ3) is 9.49. The number of nitrogens with two attached hydrogens (primary N) is 3. The van der Waals surface area contributed by atoms with Gasteiger partial charge < -0.3 is 27.1 Å². The Morgan fingerprint density at radius 1 is 0.545 bits per heavy atom. The van der Waals surface area contributed by atoms with Crippen molar-refractivity contribution in [2.75, 3.05) is 34.8 Å². The molecule has 0 aliphatic rings. The maximum absolute atomic E-state index is 10.7. The van der Waals surface area contributed by atoms with E-state index in [-0.39, 0.29) is 35.3 Å². The standard InChI is InChI=1S/C19H26N2O3S.C16H20N2.Na/c1-12-8-16(9-13(2)18(12)20)17-10-14(3)19(15(4)11-17)21-6-5-7-25(22,23)24;1-9-5-13(6-10(2)15(9)17)14-7-11(3)16(18)12(4)8-14;/h8-11,21H,5-7,20H2,1-4H3,(H,22,23,24);5-8H,17-18H2,1-4H3;/q;;+1/p-1. The Hall–Kier alpha value is -3.01. The summed E-state index contributed by atoms with van der Waals surface area (Å²) in [6, 6.07) is 16.9. The van der Waals surface area contributed by atoms with E-state index in [4.69, 9.17) is 17.2 Å². The first-order valence-corrected chi connectivity index (χ1v) is 16.0. The smallest absolute Gasteiger partial charge is 0.748 e. The Morgan fingerprint density at radius 2 is 0.795 bits per heavy atom. The summed E-state index contributed by atoms with van der Waals surface area (Å²) in [5.41, 5.74) is 35.0. The zero-order chi connectivity index (χ0) is 32.2. The van der Waals surface area contributed by atoms with Crippen molar-refractivity contribution >= 4 is 32.9 Å². The summed E-state index contributed by atoms with van der Waals surface area (Å²) in [6.07, 6.45) is 0.294. The molecule has 0 aliphatic carbocycles. The van der Waals surface area contributed by atoms with E-state index in [1.807, 2.05) is 55.4 Å². The van der Waals surface area contributed by atoms with Crippen LogP contribution in [0.1, 0.15) is 50.9 Å². The van der Waals surface area contributed by atoms with E-state index in [1.54, 1.807) is 0 Å². The number of rotatable bonds is 7. The van der Waals surface area contributed by atoms with Crippen LogP contribution in [0.15, 0.2) is 48.5 Å². The minimum atomic E-state index is -4.15. The zero-order valence-electron chi connectivity index (χ0n) is 27.6. The molecule has 4 rings (SSSR count). The molecule has 0 aliphatic heterocycles. The van der Waals surface area contributed by atoms with Crippen molar-refractivity contribution in [2.24, 2.45) is 0 Å². The second kappa shape index (κ2) is 15.3. The van der Waals surface area contributed by atoms with Crippen molar-refractivity contribution in [3.05, 3.63) is 93.0 Å². The maximum Gasteiger partial charge on any atom is 1.00 e. The van der Waals surface area contributed by atoms with Crippen molar-refractivity contribution in [1.82, 2.24) is 0 Å². The van der Waals surface area contributed by atoms with Gasteiger partial charge in [-0.1, -0.05) is 0 Å². The Labute approximate surface area is 285 Å². The molecule has 0 heterocycles. The predicted octanol–water partition coefficient (Wildman–Crippen LogP) is 4.27. The molecule has 0 fully saturated rings. The summed E-state index contributed by atoms with van der Waals surface area (Å²) in [5.74, 6) is -0.347. The third-order valence-corrected chi connectivity index (χ3v) is 8.64. The molecule has 44 heavy (non-hydrogen) atoms. The minimum absolute atomic E-state index is 0. The Morgan fingerprint density at radius 3 is 1.05 bits per heavy atom. The number of benzene rings is 4. The van der Waals surface area contributed by atoms with Crippen LogP contribution >= 0.6 is 0 Å². The first-order valence-electron chi connectivity index (χ1n) is 14.4. The quantitative estimate of drug-likeness (QED) is 0.104. The fourth-order valence-electron chi connectivity index (χ4n) is 5.30. The summed E-state index contributed by atoms with van der Waals surface area (Å²) < 4.78 is 32.0. The van der Waals surface area contributed by atoms with Gasteiger partial charge in [0, 0.05) is 35.0 Å². The van der Waals surface area contributed by atoms with Gasteiger partial charge in [-0.3, -0.25) is 0 Å². The number of nitrogen functional groups attached to an aromatic ring is 3. The molecule has 0 spiro atoms. The molecule has 230 valence electrons. The summed E-state index contributed by atoms with van der Waals surface area (Å²) in [6.45, 7) is 16.7. The van der Waals surface area contributed by atoms with E-state index in [2.05, 4.69) is 53.8 Å². The second-order valence-electron chi connectivity index (χ2n) is 11.6. The van der Waals surface area contributed by atoms with E-state index >= 15 is 0 Å². The van der Waals surface area contributed by atoms with Crippen molar-refractivity contribution < 1.29 is 42.5 Å². The van der Waals surface area contributed by atoms with Crippen LogP contribution in [0.2, 0.25) is 0 Å². The normalized spacial score (nSPS) is 10.9. The van der Waals surface area contributed by atoms with Crippen LogP contribution in [0.4, 0.5) is 22.7 Å². The van der Waals surface area contributed by atoms with Crippen molar-refractivity contribution in [3.8, 4) is 22.3 Å². The van der Waals surface area contributed by atoms with Gasteiger partial charge in [-0.2, -0.15) is 0 Å². The molecule has 0 atom stereocenters. The topological polar surface area (TPSA) is 147 Å². The van der Waals surface area contributed by atoms with Gasteiger partial charge >= 0.3 is 29.6 Å². The number of hydrogen-bond donors (Lipinski definition) is 4. The van der Waals surface area contributed by atoms with Crippen LogP contribution < -0.4 is 52.1 Å². The Bertz CT molecular complexity index is 1620. The monoisotopic (exact) mass is 624 g/mol. The molecule has 4 aromatic carbocycles. The van der Waals surface area contributed by atoms with Gasteiger partial charge in [0.15, 0.2) is 0 Å². The number of anilines is 4. The van der Waals surface area contributed by atoms with E-state index in [0.29, 0.717) is 13.0 Å². The first-order chi connectivity index (χ1) is 20.0. The molecular weight excluding hydrogens is 579 g/mol. The van der Waals surface area contributed by atoms with Crippen LogP contribution in [-0.2, 0) is 10.1 Å². The van der Waals surface area contributed by atoms with Crippen molar-refractivity contribution in [1.29, 1.82) is 0 Å². The maximum atomic E-state index is 10.7. The molecule has 0 amide bonds. The van der Waals surface area contributed by atoms with Crippen LogP contribution in [0.5, 0.6) is 0 Å². The van der Waals surface area contributed by atoms with Gasteiger partial charge in [0.1, 0.15) is 0 Å². The number of hydrogen-bond acceptors (Lipinski definition) is 7. The zero-order valence-corrected chi connectivity index (χ0v) is 30.4. The van der Waals surface area contributed by atoms with Gasteiger partial charge in [0.05, 0.1) is 10.1 Å². The molecular formula is C35H45N4NaO3S. The minimum Gasteiger partial charge on any atom is -0.748 e. The summed E-state index contributed by atoms with van der Waals surface area (Å²) >= 11 is 0. The molecule has 0 aromatic heterocycles. The molecule has 0 unspecified atom stereocenters. The van der Waals surface area contributed by atoms with Gasteiger partial charge in [-0.15, -0.1) is 0 Å². The number of aryl methyl sites for hydroxylation is 8. The average Bonchev–Trinajstić information content (AvgIpc) is 2.91. The molecule has 9 heteroatoms. The SMILES string of the molecule is Cc1cc(-c2cc(C)c(N)c(C)c2)cc(C)c1N.Cc1cc(-c2cc(C)c(NCCCS(=O)(=O)[O-])c(C)c2)cc(C)c1N.[Na+]. The van der Waals surface area contributed by atoms with Crippen LogP contribution in [0, 0.1) is 55.4 Å². The van der Waals surface area contributed by atoms with Crippen molar-refractivity contribution in [2.45, 2.75) is 61.8 Å². The average molecular weight is 625 g/mol. The Kier molecular flexibility index (Phi) is 12.9. The first kappa shape index (κ1) is 37.2. The predicted molar refractivity (Wildman–Crippen MR) is 183 cm³/mol. The third-order valence-electron chi connectivity index (χ3n) is 7.85. The summed E-state index contributed by atoms with van der Waals surface area (Å²) in [4.78, 5) is 0. The second-order valence-corrected chi connectivity index (χ2v) is 13.1. The fraction of sp³-hybridized carbons (Fsp3) is 0.314. The fourth-order valence-corrected chi connectivity index (χ4v) is 5.79. The van der Waals surface area contributed by atoms with Crippen molar-refractivity contribution in [3.63, 3.8) is 0 Å². The molecule has 4 aromatic rings. The van der Waals surface area contributed by atoms with Crippen LogP contribution in [0.3, 0.4) is 0 Å². The Balaban J connectivity index is 0.000000315. The van der Waals surface area contributed by atoms with E-state index in [9.17, 15) is 13.0 Å². The van der Waals surface area contributed by atoms with Crippen LogP contribution in [-0.4, -0.2) is 25.3 Å². The molecule has 0 radical (unpaired) electrons. The van der Waals surface area contributed by atoms with Gasteiger partial charge in [0.2, 0.25) is 0 Å². The summed E-state index contributed by atoms with van der Waals surface area (Å²) in [5, 5.41) is 3.24. The molecule has 7 nitrogen and oxygen atoms in total.